The van der Waals surface area contributed by atoms with Crippen LogP contribution in [0.2, 0.25) is 5.02 Å². The third kappa shape index (κ3) is 3.52. The lowest BCUT2D eigenvalue weighted by molar-refractivity contribution is -0.0505. The molecule has 0 amide bonds. The van der Waals surface area contributed by atoms with Crippen molar-refractivity contribution in [2.24, 2.45) is 5.73 Å². The lowest BCUT2D eigenvalue weighted by Crippen LogP contribution is -2.15. The van der Waals surface area contributed by atoms with Crippen molar-refractivity contribution in [3.63, 3.8) is 0 Å². The molecular weight excluding hydrogens is 296 g/mol. The molecular formula is C16H16ClF2NO. The highest BCUT2D eigenvalue weighted by Crippen LogP contribution is 2.33. The van der Waals surface area contributed by atoms with Gasteiger partial charge in [-0.1, -0.05) is 35.9 Å². The minimum Gasteiger partial charge on any atom is -0.434 e. The number of para-hydroxylation sites is 1. The Bertz CT molecular complexity index is 646. The van der Waals surface area contributed by atoms with Crippen LogP contribution >= 0.6 is 11.6 Å². The molecule has 2 aromatic carbocycles. The zero-order valence-corrected chi connectivity index (χ0v) is 12.5. The molecule has 2 aromatic rings. The highest BCUT2D eigenvalue weighted by molar-refractivity contribution is 6.31. The smallest absolute Gasteiger partial charge is 0.387 e. The third-order valence-electron chi connectivity index (χ3n) is 3.42. The number of alkyl halides is 2. The van der Waals surface area contributed by atoms with Gasteiger partial charge in [0, 0.05) is 10.6 Å². The number of ether oxygens (including phenoxy) is 1. The monoisotopic (exact) mass is 311 g/mol. The van der Waals surface area contributed by atoms with E-state index in [0.29, 0.717) is 16.1 Å². The largest absolute Gasteiger partial charge is 0.434 e. The van der Waals surface area contributed by atoms with Gasteiger partial charge in [0.05, 0.1) is 6.04 Å². The van der Waals surface area contributed by atoms with Gasteiger partial charge < -0.3 is 10.5 Å². The summed E-state index contributed by atoms with van der Waals surface area (Å²) in [6.07, 6.45) is 0. The van der Waals surface area contributed by atoms with Gasteiger partial charge in [-0.3, -0.25) is 0 Å². The Morgan fingerprint density at radius 3 is 2.33 bits per heavy atom. The fourth-order valence-corrected chi connectivity index (χ4v) is 2.49. The molecule has 0 bridgehead atoms. The van der Waals surface area contributed by atoms with Crippen LogP contribution in [0.15, 0.2) is 36.4 Å². The van der Waals surface area contributed by atoms with Crippen LogP contribution in [0, 0.1) is 13.8 Å². The fourth-order valence-electron chi connectivity index (χ4n) is 2.15. The van der Waals surface area contributed by atoms with Crippen molar-refractivity contribution in [2.75, 3.05) is 0 Å². The minimum atomic E-state index is -2.89. The van der Waals surface area contributed by atoms with Crippen LogP contribution in [-0.2, 0) is 0 Å². The Kier molecular flexibility index (Phi) is 4.80. The first kappa shape index (κ1) is 15.7. The minimum absolute atomic E-state index is 0.0642. The first-order chi connectivity index (χ1) is 9.90. The van der Waals surface area contributed by atoms with Crippen molar-refractivity contribution >= 4 is 11.6 Å². The molecule has 0 aliphatic heterocycles. The fraction of sp³-hybridized carbons (Fsp3) is 0.250. The Labute approximate surface area is 127 Å². The summed E-state index contributed by atoms with van der Waals surface area (Å²) in [6.45, 7) is 1.00. The summed E-state index contributed by atoms with van der Waals surface area (Å²) >= 11 is 6.24. The van der Waals surface area contributed by atoms with Crippen molar-refractivity contribution in [2.45, 2.75) is 26.5 Å². The maximum atomic E-state index is 12.5. The lowest BCUT2D eigenvalue weighted by atomic mass is 9.95. The van der Waals surface area contributed by atoms with Gasteiger partial charge in [-0.15, -0.1) is 0 Å². The number of halogens is 3. The van der Waals surface area contributed by atoms with E-state index in [1.54, 1.807) is 18.2 Å². The topological polar surface area (TPSA) is 35.2 Å². The van der Waals surface area contributed by atoms with Crippen LogP contribution in [-0.4, -0.2) is 6.61 Å². The second kappa shape index (κ2) is 6.41. The predicted octanol–water partition coefficient (Wildman–Crippen LogP) is 4.61. The molecule has 5 heteroatoms. The van der Waals surface area contributed by atoms with Crippen LogP contribution in [0.3, 0.4) is 0 Å². The SMILES string of the molecule is Cc1cc(Cl)c(C(N)c2ccccc2OC(F)F)cc1C. The molecule has 0 aromatic heterocycles. The van der Waals surface area contributed by atoms with E-state index < -0.39 is 12.7 Å². The van der Waals surface area contributed by atoms with Crippen LogP contribution in [0.1, 0.15) is 28.3 Å². The van der Waals surface area contributed by atoms with E-state index in [9.17, 15) is 8.78 Å². The molecule has 2 nitrogen and oxygen atoms in total. The lowest BCUT2D eigenvalue weighted by Gasteiger charge is -2.19. The first-order valence-corrected chi connectivity index (χ1v) is 6.84. The van der Waals surface area contributed by atoms with Gasteiger partial charge >= 0.3 is 6.61 Å². The summed E-state index contributed by atoms with van der Waals surface area (Å²) in [6, 6.07) is 9.54. The number of benzene rings is 2. The summed E-state index contributed by atoms with van der Waals surface area (Å²) in [5.41, 5.74) is 9.45. The van der Waals surface area contributed by atoms with Crippen LogP contribution in [0.5, 0.6) is 5.75 Å². The van der Waals surface area contributed by atoms with Crippen molar-refractivity contribution in [3.8, 4) is 5.75 Å². The van der Waals surface area contributed by atoms with E-state index in [2.05, 4.69) is 4.74 Å². The number of hydrogen-bond acceptors (Lipinski definition) is 2. The molecule has 0 aliphatic carbocycles. The number of rotatable bonds is 4. The van der Waals surface area contributed by atoms with Gasteiger partial charge in [-0.2, -0.15) is 8.78 Å². The van der Waals surface area contributed by atoms with E-state index >= 15 is 0 Å². The maximum absolute atomic E-state index is 12.5. The first-order valence-electron chi connectivity index (χ1n) is 6.46. The molecule has 0 saturated heterocycles. The molecule has 21 heavy (non-hydrogen) atoms. The van der Waals surface area contributed by atoms with E-state index in [4.69, 9.17) is 17.3 Å². The molecule has 1 unspecified atom stereocenters. The van der Waals surface area contributed by atoms with E-state index in [1.165, 1.54) is 6.07 Å². The van der Waals surface area contributed by atoms with Gasteiger partial charge in [0.25, 0.3) is 0 Å². The second-order valence-corrected chi connectivity index (χ2v) is 5.26. The summed E-state index contributed by atoms with van der Waals surface area (Å²) in [7, 11) is 0. The number of nitrogens with two attached hydrogens (primary N) is 1. The molecule has 0 radical (unpaired) electrons. The summed E-state index contributed by atoms with van der Waals surface area (Å²) in [5, 5.41) is 0.512. The Morgan fingerprint density at radius 2 is 1.67 bits per heavy atom. The van der Waals surface area contributed by atoms with Gasteiger partial charge in [-0.05, 0) is 42.7 Å². The zero-order chi connectivity index (χ0) is 15.6. The van der Waals surface area contributed by atoms with Crippen molar-refractivity contribution in [1.29, 1.82) is 0 Å². The Balaban J connectivity index is 2.45. The maximum Gasteiger partial charge on any atom is 0.387 e. The molecule has 0 aliphatic rings. The van der Waals surface area contributed by atoms with Crippen molar-refractivity contribution in [1.82, 2.24) is 0 Å². The standard InChI is InChI=1S/C16H16ClF2NO/c1-9-7-12(13(17)8-10(9)2)15(20)11-5-3-4-6-14(11)21-16(18)19/h3-8,15-16H,20H2,1-2H3. The molecule has 0 fully saturated rings. The van der Waals surface area contributed by atoms with Gasteiger partial charge in [0.2, 0.25) is 0 Å². The molecule has 2 N–H and O–H groups in total. The van der Waals surface area contributed by atoms with Gasteiger partial charge in [-0.25, -0.2) is 0 Å². The summed E-state index contributed by atoms with van der Waals surface area (Å²) in [4.78, 5) is 0. The average Bonchev–Trinajstić information content (AvgIpc) is 2.42. The molecule has 1 atom stereocenters. The summed E-state index contributed by atoms with van der Waals surface area (Å²) < 4.78 is 29.5. The van der Waals surface area contributed by atoms with Crippen molar-refractivity contribution < 1.29 is 13.5 Å². The molecule has 0 heterocycles. The van der Waals surface area contributed by atoms with Gasteiger partial charge in [0.1, 0.15) is 5.75 Å². The summed E-state index contributed by atoms with van der Waals surface area (Å²) in [5.74, 6) is 0.0642. The van der Waals surface area contributed by atoms with E-state index in [0.717, 1.165) is 11.1 Å². The van der Waals surface area contributed by atoms with Gasteiger partial charge in [0.15, 0.2) is 0 Å². The third-order valence-corrected chi connectivity index (χ3v) is 3.75. The number of hydrogen-bond donors (Lipinski definition) is 1. The van der Waals surface area contributed by atoms with Crippen LogP contribution < -0.4 is 10.5 Å². The highest BCUT2D eigenvalue weighted by atomic mass is 35.5. The average molecular weight is 312 g/mol. The molecule has 0 spiro atoms. The highest BCUT2D eigenvalue weighted by Gasteiger charge is 2.19. The van der Waals surface area contributed by atoms with Crippen LogP contribution in [0.4, 0.5) is 8.78 Å². The normalized spacial score (nSPS) is 12.5. The molecule has 2 rings (SSSR count). The molecule has 112 valence electrons. The quantitative estimate of drug-likeness (QED) is 0.895. The Hall–Kier alpha value is -1.65. The predicted molar refractivity (Wildman–Crippen MR) is 80.0 cm³/mol. The van der Waals surface area contributed by atoms with Crippen molar-refractivity contribution in [3.05, 3.63) is 63.7 Å². The Morgan fingerprint density at radius 1 is 1.05 bits per heavy atom. The zero-order valence-electron chi connectivity index (χ0n) is 11.7. The second-order valence-electron chi connectivity index (χ2n) is 4.85. The number of aryl methyl sites for hydroxylation is 2. The van der Waals surface area contributed by atoms with E-state index in [-0.39, 0.29) is 5.75 Å². The van der Waals surface area contributed by atoms with Crippen LogP contribution in [0.25, 0.3) is 0 Å². The van der Waals surface area contributed by atoms with E-state index in [1.807, 2.05) is 26.0 Å². The molecule has 0 saturated carbocycles.